The number of rotatable bonds is 4. The van der Waals surface area contributed by atoms with Crippen molar-refractivity contribution < 1.29 is 4.79 Å². The number of hydrogen-bond donors (Lipinski definition) is 0. The number of aldehydes is 1. The molecule has 2 nitrogen and oxygen atoms in total. The Balaban J connectivity index is 2.61. The number of aromatic nitrogens is 1. The smallest absolute Gasteiger partial charge is 0.120 e. The molecule has 0 N–H and O–H groups in total. The molecule has 0 aliphatic heterocycles. The van der Waals surface area contributed by atoms with Gasteiger partial charge in [0, 0.05) is 18.4 Å². The minimum Gasteiger partial charge on any atom is -0.303 e. The summed E-state index contributed by atoms with van der Waals surface area (Å²) in [7, 11) is 0. The fourth-order valence-electron chi connectivity index (χ4n) is 0.831. The van der Waals surface area contributed by atoms with Crippen LogP contribution < -0.4 is 0 Å². The van der Waals surface area contributed by atoms with Crippen molar-refractivity contribution in [3.63, 3.8) is 0 Å². The number of carbonyl (C=O) groups excluding carboxylic acids is 1. The van der Waals surface area contributed by atoms with Gasteiger partial charge in [0.1, 0.15) is 11.3 Å². The standard InChI is InChI=1S/C9H10ClNOS/c1-7-5-8(10)9(11-6-7)13-4-2-3-12/h3,5-6H,2,4H2,1H3. The summed E-state index contributed by atoms with van der Waals surface area (Å²) in [5, 5.41) is 1.46. The molecule has 0 bridgehead atoms. The van der Waals surface area contributed by atoms with Crippen molar-refractivity contribution >= 4 is 29.6 Å². The number of halogens is 1. The Bertz CT molecular complexity index is 304. The summed E-state index contributed by atoms with van der Waals surface area (Å²) in [6, 6.07) is 1.87. The maximum Gasteiger partial charge on any atom is 0.120 e. The van der Waals surface area contributed by atoms with E-state index in [0.29, 0.717) is 11.4 Å². The Morgan fingerprint density at radius 2 is 2.46 bits per heavy atom. The van der Waals surface area contributed by atoms with Gasteiger partial charge in [0.05, 0.1) is 5.02 Å². The van der Waals surface area contributed by atoms with Gasteiger partial charge in [-0.15, -0.1) is 11.8 Å². The molecule has 0 aliphatic carbocycles. The lowest BCUT2D eigenvalue weighted by Crippen LogP contribution is -1.86. The molecule has 1 heterocycles. The first-order valence-electron chi connectivity index (χ1n) is 3.92. The molecule has 0 radical (unpaired) electrons. The summed E-state index contributed by atoms with van der Waals surface area (Å²) in [5.74, 6) is 0.735. The third kappa shape index (κ3) is 3.36. The average molecular weight is 216 g/mol. The molecule has 0 fully saturated rings. The molecule has 0 unspecified atom stereocenters. The van der Waals surface area contributed by atoms with E-state index in [9.17, 15) is 4.79 Å². The molecular weight excluding hydrogens is 206 g/mol. The molecule has 13 heavy (non-hydrogen) atoms. The summed E-state index contributed by atoms with van der Waals surface area (Å²) in [4.78, 5) is 14.2. The maximum absolute atomic E-state index is 10.1. The van der Waals surface area contributed by atoms with E-state index < -0.39 is 0 Å². The molecule has 1 rings (SSSR count). The third-order valence-electron chi connectivity index (χ3n) is 1.42. The zero-order valence-electron chi connectivity index (χ0n) is 7.29. The van der Waals surface area contributed by atoms with Crippen LogP contribution in [-0.4, -0.2) is 17.0 Å². The van der Waals surface area contributed by atoms with Crippen LogP contribution in [0.25, 0.3) is 0 Å². The number of carbonyl (C=O) groups is 1. The number of thioether (sulfide) groups is 1. The van der Waals surface area contributed by atoms with Crippen molar-refractivity contribution in [2.75, 3.05) is 5.75 Å². The molecule has 1 aromatic rings. The second kappa shape index (κ2) is 5.25. The Kier molecular flexibility index (Phi) is 4.25. The minimum absolute atomic E-state index is 0.538. The van der Waals surface area contributed by atoms with Gasteiger partial charge in [0.25, 0.3) is 0 Å². The Labute approximate surface area is 86.7 Å². The van der Waals surface area contributed by atoms with Gasteiger partial charge in [0.2, 0.25) is 0 Å². The lowest BCUT2D eigenvalue weighted by molar-refractivity contribution is -0.107. The van der Waals surface area contributed by atoms with Gasteiger partial charge < -0.3 is 4.79 Å². The zero-order valence-corrected chi connectivity index (χ0v) is 8.86. The SMILES string of the molecule is Cc1cnc(SCCC=O)c(Cl)c1. The quantitative estimate of drug-likeness (QED) is 0.440. The highest BCUT2D eigenvalue weighted by molar-refractivity contribution is 7.99. The molecule has 0 amide bonds. The fraction of sp³-hybridized carbons (Fsp3) is 0.333. The van der Waals surface area contributed by atoms with Crippen molar-refractivity contribution in [2.45, 2.75) is 18.4 Å². The van der Waals surface area contributed by atoms with E-state index in [1.54, 1.807) is 6.20 Å². The Morgan fingerprint density at radius 1 is 1.69 bits per heavy atom. The largest absolute Gasteiger partial charge is 0.303 e. The Hall–Kier alpha value is -0.540. The molecule has 0 aromatic carbocycles. The van der Waals surface area contributed by atoms with Gasteiger partial charge >= 0.3 is 0 Å². The van der Waals surface area contributed by atoms with E-state index in [1.807, 2.05) is 13.0 Å². The molecule has 0 saturated heterocycles. The lowest BCUT2D eigenvalue weighted by atomic mass is 10.3. The second-order valence-electron chi connectivity index (χ2n) is 2.60. The van der Waals surface area contributed by atoms with E-state index >= 15 is 0 Å². The third-order valence-corrected chi connectivity index (χ3v) is 2.86. The summed E-state index contributed by atoms with van der Waals surface area (Å²) in [6.07, 6.45) is 3.21. The van der Waals surface area contributed by atoms with Crippen LogP contribution in [-0.2, 0) is 4.79 Å². The maximum atomic E-state index is 10.1. The normalized spacial score (nSPS) is 10.0. The lowest BCUT2D eigenvalue weighted by Gasteiger charge is -2.01. The molecular formula is C9H10ClNOS. The highest BCUT2D eigenvalue weighted by Gasteiger charge is 2.01. The van der Waals surface area contributed by atoms with Crippen LogP contribution in [0, 0.1) is 6.92 Å². The van der Waals surface area contributed by atoms with Crippen LogP contribution in [0.5, 0.6) is 0 Å². The van der Waals surface area contributed by atoms with Crippen LogP contribution in [0.15, 0.2) is 17.3 Å². The van der Waals surface area contributed by atoms with Gasteiger partial charge in [-0.1, -0.05) is 11.6 Å². The summed E-state index contributed by atoms with van der Waals surface area (Å²) < 4.78 is 0. The average Bonchev–Trinajstić information content (AvgIpc) is 2.09. The Morgan fingerprint density at radius 3 is 3.08 bits per heavy atom. The van der Waals surface area contributed by atoms with Crippen LogP contribution in [0.2, 0.25) is 5.02 Å². The molecule has 4 heteroatoms. The molecule has 0 saturated carbocycles. The number of pyridine rings is 1. The monoisotopic (exact) mass is 215 g/mol. The van der Waals surface area contributed by atoms with Crippen molar-refractivity contribution in [1.29, 1.82) is 0 Å². The van der Waals surface area contributed by atoms with Crippen molar-refractivity contribution in [3.8, 4) is 0 Å². The highest BCUT2D eigenvalue weighted by atomic mass is 35.5. The highest BCUT2D eigenvalue weighted by Crippen LogP contribution is 2.25. The second-order valence-corrected chi connectivity index (χ2v) is 4.09. The van der Waals surface area contributed by atoms with Gasteiger partial charge in [-0.3, -0.25) is 0 Å². The molecule has 0 aliphatic rings. The summed E-state index contributed by atoms with van der Waals surface area (Å²) in [5.41, 5.74) is 1.05. The van der Waals surface area contributed by atoms with Crippen molar-refractivity contribution in [2.24, 2.45) is 0 Å². The molecule has 1 aromatic heterocycles. The summed E-state index contributed by atoms with van der Waals surface area (Å²) in [6.45, 7) is 1.94. The minimum atomic E-state index is 0.538. The number of nitrogens with zero attached hydrogens (tertiary/aromatic N) is 1. The first-order valence-corrected chi connectivity index (χ1v) is 5.29. The fourth-order valence-corrected chi connectivity index (χ4v) is 1.95. The first-order chi connectivity index (χ1) is 6.24. The van der Waals surface area contributed by atoms with E-state index in [1.165, 1.54) is 11.8 Å². The van der Waals surface area contributed by atoms with E-state index in [4.69, 9.17) is 11.6 Å². The molecule has 70 valence electrons. The predicted molar refractivity (Wildman–Crippen MR) is 55.4 cm³/mol. The van der Waals surface area contributed by atoms with Gasteiger partial charge in [-0.25, -0.2) is 4.98 Å². The number of hydrogen-bond acceptors (Lipinski definition) is 3. The molecule has 0 spiro atoms. The van der Waals surface area contributed by atoms with Crippen LogP contribution in [0.1, 0.15) is 12.0 Å². The predicted octanol–water partition coefficient (Wildman–Crippen LogP) is 2.72. The molecule has 0 atom stereocenters. The zero-order chi connectivity index (χ0) is 9.68. The van der Waals surface area contributed by atoms with Crippen LogP contribution >= 0.6 is 23.4 Å². The van der Waals surface area contributed by atoms with E-state index in [2.05, 4.69) is 4.98 Å². The number of aryl methyl sites for hydroxylation is 1. The van der Waals surface area contributed by atoms with E-state index in [-0.39, 0.29) is 0 Å². The van der Waals surface area contributed by atoms with Gasteiger partial charge in [-0.05, 0) is 18.6 Å². The topological polar surface area (TPSA) is 30.0 Å². The first kappa shape index (κ1) is 10.5. The van der Waals surface area contributed by atoms with Gasteiger partial charge in [0.15, 0.2) is 0 Å². The van der Waals surface area contributed by atoms with Crippen molar-refractivity contribution in [1.82, 2.24) is 4.98 Å². The van der Waals surface area contributed by atoms with Crippen LogP contribution in [0.3, 0.4) is 0 Å². The van der Waals surface area contributed by atoms with Gasteiger partial charge in [-0.2, -0.15) is 0 Å². The van der Waals surface area contributed by atoms with E-state index in [0.717, 1.165) is 22.6 Å². The van der Waals surface area contributed by atoms with Crippen LogP contribution in [0.4, 0.5) is 0 Å². The van der Waals surface area contributed by atoms with Crippen molar-refractivity contribution in [3.05, 3.63) is 22.8 Å². The summed E-state index contributed by atoms with van der Waals surface area (Å²) >= 11 is 7.44.